The zero-order valence-corrected chi connectivity index (χ0v) is 15.5. The fourth-order valence-electron chi connectivity index (χ4n) is 3.39. The molecule has 0 aliphatic carbocycles. The van der Waals surface area contributed by atoms with Crippen LogP contribution in [-0.2, 0) is 6.42 Å². The lowest BCUT2D eigenvalue weighted by atomic mass is 9.97. The van der Waals surface area contributed by atoms with E-state index in [2.05, 4.69) is 10.3 Å². The number of aliphatic hydroxyl groups excluding tert-OH is 1. The molecule has 8 heteroatoms. The van der Waals surface area contributed by atoms with Crippen molar-refractivity contribution in [2.45, 2.75) is 44.7 Å². The van der Waals surface area contributed by atoms with E-state index in [4.69, 9.17) is 0 Å². The number of carboxylic acid groups (broad SMARTS) is 1. The van der Waals surface area contributed by atoms with E-state index < -0.39 is 5.97 Å². The molecule has 1 fully saturated rings. The Morgan fingerprint density at radius 2 is 2.27 bits per heavy atom. The van der Waals surface area contributed by atoms with Crippen LogP contribution in [0.15, 0.2) is 23.1 Å². The van der Waals surface area contributed by atoms with Crippen molar-refractivity contribution >= 4 is 17.3 Å². The minimum Gasteiger partial charge on any atom is -0.478 e. The summed E-state index contributed by atoms with van der Waals surface area (Å²) in [5.74, 6) is -1.06. The Hall–Kier alpha value is -2.03. The van der Waals surface area contributed by atoms with E-state index in [1.165, 1.54) is 34.2 Å². The first kappa shape index (κ1) is 18.8. The fourth-order valence-corrected chi connectivity index (χ4v) is 4.61. The SMILES string of the molecule is Cc1nc([C@@H]([C@H]2CCCCN2)n2cc(C(=O)O)ccc2=O)sc1CCO. The monoisotopic (exact) mass is 377 g/mol. The lowest BCUT2D eigenvalue weighted by molar-refractivity contribution is 0.0695. The first-order chi connectivity index (χ1) is 12.5. The van der Waals surface area contributed by atoms with Crippen molar-refractivity contribution in [2.24, 2.45) is 0 Å². The highest BCUT2D eigenvalue weighted by molar-refractivity contribution is 7.11. The van der Waals surface area contributed by atoms with Gasteiger partial charge in [0.25, 0.3) is 5.56 Å². The smallest absolute Gasteiger partial charge is 0.337 e. The normalized spacial score (nSPS) is 18.6. The summed E-state index contributed by atoms with van der Waals surface area (Å²) < 4.78 is 1.49. The van der Waals surface area contributed by atoms with E-state index in [-0.39, 0.29) is 29.8 Å². The summed E-state index contributed by atoms with van der Waals surface area (Å²) in [6.07, 6.45) is 4.96. The third-order valence-corrected chi connectivity index (χ3v) is 6.00. The van der Waals surface area contributed by atoms with E-state index in [1.54, 1.807) is 0 Å². The average Bonchev–Trinajstić information content (AvgIpc) is 2.98. The van der Waals surface area contributed by atoms with E-state index in [0.29, 0.717) is 6.42 Å². The van der Waals surface area contributed by atoms with E-state index in [0.717, 1.165) is 41.4 Å². The Bertz CT molecular complexity index is 839. The van der Waals surface area contributed by atoms with Crippen molar-refractivity contribution in [3.63, 3.8) is 0 Å². The van der Waals surface area contributed by atoms with Crippen LogP contribution in [0.3, 0.4) is 0 Å². The molecule has 1 saturated heterocycles. The molecule has 7 nitrogen and oxygen atoms in total. The van der Waals surface area contributed by atoms with Crippen LogP contribution in [-0.4, -0.2) is 44.9 Å². The van der Waals surface area contributed by atoms with Gasteiger partial charge in [0.1, 0.15) is 11.0 Å². The van der Waals surface area contributed by atoms with Gasteiger partial charge in [0.15, 0.2) is 0 Å². The largest absolute Gasteiger partial charge is 0.478 e. The van der Waals surface area contributed by atoms with Gasteiger partial charge in [0.05, 0.1) is 11.3 Å². The molecule has 3 rings (SSSR count). The summed E-state index contributed by atoms with van der Waals surface area (Å²) in [6.45, 7) is 2.80. The summed E-state index contributed by atoms with van der Waals surface area (Å²) in [6, 6.07) is 2.28. The predicted molar refractivity (Wildman–Crippen MR) is 99.1 cm³/mol. The number of rotatable bonds is 6. The van der Waals surface area contributed by atoms with Crippen molar-refractivity contribution in [1.29, 1.82) is 0 Å². The third-order valence-electron chi connectivity index (χ3n) is 4.72. The maximum atomic E-state index is 12.5. The summed E-state index contributed by atoms with van der Waals surface area (Å²) in [4.78, 5) is 29.6. The van der Waals surface area contributed by atoms with Gasteiger partial charge in [-0.25, -0.2) is 9.78 Å². The number of piperidine rings is 1. The van der Waals surface area contributed by atoms with Gasteiger partial charge in [-0.3, -0.25) is 4.79 Å². The number of thiazole rings is 1. The molecular formula is C18H23N3O4S. The molecule has 2 atom stereocenters. The molecule has 3 heterocycles. The number of carbonyl (C=O) groups is 1. The van der Waals surface area contributed by atoms with Gasteiger partial charge in [-0.2, -0.15) is 0 Å². The zero-order valence-electron chi connectivity index (χ0n) is 14.6. The number of hydrogen-bond donors (Lipinski definition) is 3. The first-order valence-electron chi connectivity index (χ1n) is 8.77. The number of nitrogens with one attached hydrogen (secondary N) is 1. The van der Waals surface area contributed by atoms with Gasteiger partial charge >= 0.3 is 5.97 Å². The van der Waals surface area contributed by atoms with Crippen LogP contribution in [0.25, 0.3) is 0 Å². The summed E-state index contributed by atoms with van der Waals surface area (Å²) in [5.41, 5.74) is 0.681. The topological polar surface area (TPSA) is 104 Å². The van der Waals surface area contributed by atoms with Crippen LogP contribution < -0.4 is 10.9 Å². The molecule has 1 aliphatic heterocycles. The van der Waals surface area contributed by atoms with Crippen LogP contribution in [0.2, 0.25) is 0 Å². The highest BCUT2D eigenvalue weighted by Crippen LogP contribution is 2.31. The predicted octanol–water partition coefficient (Wildman–Crippen LogP) is 1.58. The second kappa shape index (κ2) is 8.11. The number of aromatic carboxylic acids is 1. The van der Waals surface area contributed by atoms with Gasteiger partial charge in [-0.15, -0.1) is 11.3 Å². The van der Waals surface area contributed by atoms with E-state index >= 15 is 0 Å². The van der Waals surface area contributed by atoms with Crippen molar-refractivity contribution in [3.05, 3.63) is 49.8 Å². The summed E-state index contributed by atoms with van der Waals surface area (Å²) >= 11 is 1.49. The van der Waals surface area contributed by atoms with Crippen LogP contribution in [0.5, 0.6) is 0 Å². The van der Waals surface area contributed by atoms with Gasteiger partial charge < -0.3 is 20.1 Å². The quantitative estimate of drug-likeness (QED) is 0.706. The molecule has 0 bridgehead atoms. The number of aliphatic hydroxyl groups is 1. The van der Waals surface area contributed by atoms with E-state index in [1.807, 2.05) is 6.92 Å². The first-order valence-corrected chi connectivity index (χ1v) is 9.59. The standard InChI is InChI=1S/C18H23N3O4S/c1-11-14(7-9-22)26-17(20-11)16(13-4-2-3-8-19-13)21-10-12(18(24)25)5-6-15(21)23/h5-6,10,13,16,19,22H,2-4,7-9H2,1H3,(H,24,25)/t13-,16-/m1/s1. The fraction of sp³-hybridized carbons (Fsp3) is 0.500. The zero-order chi connectivity index (χ0) is 18.7. The molecule has 2 aromatic rings. The van der Waals surface area contributed by atoms with Gasteiger partial charge in [-0.1, -0.05) is 6.42 Å². The van der Waals surface area contributed by atoms with Crippen molar-refractivity contribution < 1.29 is 15.0 Å². The lowest BCUT2D eigenvalue weighted by Crippen LogP contribution is -2.44. The van der Waals surface area contributed by atoms with Gasteiger partial charge in [0.2, 0.25) is 0 Å². The molecule has 3 N–H and O–H groups in total. The molecule has 0 amide bonds. The molecule has 0 radical (unpaired) electrons. The van der Waals surface area contributed by atoms with E-state index in [9.17, 15) is 19.8 Å². The number of hydrogen-bond acceptors (Lipinski definition) is 6. The second-order valence-corrected chi connectivity index (χ2v) is 7.62. The molecule has 0 saturated carbocycles. The molecule has 0 unspecified atom stereocenters. The molecule has 2 aromatic heterocycles. The van der Waals surface area contributed by atoms with Gasteiger partial charge in [-0.05, 0) is 32.4 Å². The number of pyridine rings is 1. The number of aryl methyl sites for hydroxylation is 1. The molecule has 140 valence electrons. The second-order valence-electron chi connectivity index (χ2n) is 6.50. The number of nitrogens with zero attached hydrogens (tertiary/aromatic N) is 2. The number of aromatic nitrogens is 2. The third kappa shape index (κ3) is 3.87. The Morgan fingerprint density at radius 1 is 1.46 bits per heavy atom. The van der Waals surface area contributed by atoms with Crippen LogP contribution in [0, 0.1) is 6.92 Å². The van der Waals surface area contributed by atoms with Crippen LogP contribution >= 0.6 is 11.3 Å². The minimum atomic E-state index is -1.06. The summed E-state index contributed by atoms with van der Waals surface area (Å²) in [5, 5.41) is 22.8. The highest BCUT2D eigenvalue weighted by atomic mass is 32.1. The Balaban J connectivity index is 2.09. The number of carboxylic acids is 1. The van der Waals surface area contributed by atoms with Gasteiger partial charge in [0, 0.05) is 36.2 Å². The Kier molecular flexibility index (Phi) is 5.85. The highest BCUT2D eigenvalue weighted by Gasteiger charge is 2.30. The minimum absolute atomic E-state index is 0.0121. The average molecular weight is 377 g/mol. The van der Waals surface area contributed by atoms with Crippen LogP contribution in [0.4, 0.5) is 0 Å². The van der Waals surface area contributed by atoms with Crippen LogP contribution in [0.1, 0.15) is 51.2 Å². The maximum Gasteiger partial charge on any atom is 0.337 e. The molecule has 26 heavy (non-hydrogen) atoms. The molecular weight excluding hydrogens is 354 g/mol. The molecule has 0 aromatic carbocycles. The summed E-state index contributed by atoms with van der Waals surface area (Å²) in [7, 11) is 0. The Labute approximate surface area is 155 Å². The van der Waals surface area contributed by atoms with Crippen molar-refractivity contribution in [2.75, 3.05) is 13.2 Å². The molecule has 1 aliphatic rings. The maximum absolute atomic E-state index is 12.5. The lowest BCUT2D eigenvalue weighted by Gasteiger charge is -2.31. The Morgan fingerprint density at radius 3 is 2.92 bits per heavy atom. The van der Waals surface area contributed by atoms with Crippen molar-refractivity contribution in [3.8, 4) is 0 Å². The van der Waals surface area contributed by atoms with Crippen molar-refractivity contribution in [1.82, 2.24) is 14.9 Å². The molecule has 0 spiro atoms.